The lowest BCUT2D eigenvalue weighted by atomic mass is 10.0. The van der Waals surface area contributed by atoms with Gasteiger partial charge < -0.3 is 20.7 Å². The number of hydrogen-bond donors (Lipinski definition) is 6. The van der Waals surface area contributed by atoms with Crippen LogP contribution < -0.4 is 10.6 Å². The maximum absolute atomic E-state index is 13.7. The molecule has 3 heterocycles. The van der Waals surface area contributed by atoms with Crippen molar-refractivity contribution in [1.29, 1.82) is 0 Å². The number of halogens is 1. The van der Waals surface area contributed by atoms with Gasteiger partial charge in [0.1, 0.15) is 5.82 Å². The van der Waals surface area contributed by atoms with Crippen molar-refractivity contribution < 1.29 is 28.2 Å². The molecule has 1 atom stereocenters. The van der Waals surface area contributed by atoms with Gasteiger partial charge in [0.15, 0.2) is 0 Å². The highest BCUT2D eigenvalue weighted by molar-refractivity contribution is 8.24. The molecule has 34 heavy (non-hydrogen) atoms. The summed E-state index contributed by atoms with van der Waals surface area (Å²) < 4.78 is 33.1. The highest BCUT2D eigenvalue weighted by Crippen LogP contribution is 2.40. The quantitative estimate of drug-likeness (QED) is 0.343. The predicted octanol–water partition coefficient (Wildman–Crippen LogP) is 2.42. The third-order valence-corrected chi connectivity index (χ3v) is 7.87. The minimum atomic E-state index is -2.50. The summed E-state index contributed by atoms with van der Waals surface area (Å²) in [5, 5.41) is 15.8. The number of carbonyl (C=O) groups excluding carboxylic acids is 2. The molecule has 0 aliphatic carbocycles. The van der Waals surface area contributed by atoms with E-state index in [2.05, 4.69) is 15.6 Å². The molecule has 1 unspecified atom stereocenters. The van der Waals surface area contributed by atoms with Crippen LogP contribution in [-0.2, 0) is 4.79 Å². The molecule has 2 aromatic rings. The van der Waals surface area contributed by atoms with Crippen LogP contribution in [0.5, 0.6) is 0 Å². The van der Waals surface area contributed by atoms with Crippen LogP contribution in [0.15, 0.2) is 18.2 Å². The van der Waals surface area contributed by atoms with E-state index in [-0.39, 0.29) is 18.4 Å². The second kappa shape index (κ2) is 9.51. The molecular formula is C23H29FN4O5S. The average molecular weight is 493 g/mol. The van der Waals surface area contributed by atoms with E-state index in [4.69, 9.17) is 0 Å². The Morgan fingerprint density at radius 3 is 2.71 bits per heavy atom. The zero-order chi connectivity index (χ0) is 24.6. The Labute approximate surface area is 198 Å². The molecule has 0 bridgehead atoms. The van der Waals surface area contributed by atoms with Gasteiger partial charge in [-0.1, -0.05) is 0 Å². The summed E-state index contributed by atoms with van der Waals surface area (Å²) in [6, 6.07) is 4.08. The summed E-state index contributed by atoms with van der Waals surface area (Å²) in [6.07, 6.45) is 0.800. The van der Waals surface area contributed by atoms with Crippen molar-refractivity contribution in [3.05, 3.63) is 52.1 Å². The van der Waals surface area contributed by atoms with Gasteiger partial charge in [-0.2, -0.15) is 10.6 Å². The van der Waals surface area contributed by atoms with Crippen LogP contribution in [0, 0.1) is 19.7 Å². The van der Waals surface area contributed by atoms with Crippen molar-refractivity contribution in [2.45, 2.75) is 20.0 Å². The Bertz CT molecular complexity index is 1150. The highest BCUT2D eigenvalue weighted by atomic mass is 32.3. The van der Waals surface area contributed by atoms with Crippen molar-refractivity contribution in [3.63, 3.8) is 0 Å². The van der Waals surface area contributed by atoms with E-state index in [1.165, 1.54) is 18.2 Å². The van der Waals surface area contributed by atoms with Crippen LogP contribution in [-0.4, -0.2) is 79.7 Å². The van der Waals surface area contributed by atoms with Crippen LogP contribution in [0.2, 0.25) is 0 Å². The van der Waals surface area contributed by atoms with Gasteiger partial charge in [-0.05, 0) is 43.7 Å². The number of H-pyrrole nitrogens is 1. The van der Waals surface area contributed by atoms with Crippen LogP contribution in [0.4, 0.5) is 10.1 Å². The Kier molecular flexibility index (Phi) is 6.83. The maximum atomic E-state index is 13.7. The summed E-state index contributed by atoms with van der Waals surface area (Å²) in [4.78, 5) is 30.3. The number of nitrogens with one attached hydrogen (secondary N) is 3. The van der Waals surface area contributed by atoms with Crippen LogP contribution in [0.25, 0.3) is 11.6 Å². The second-order valence-corrected chi connectivity index (χ2v) is 11.2. The summed E-state index contributed by atoms with van der Waals surface area (Å²) in [6.45, 7) is 4.84. The van der Waals surface area contributed by atoms with Crippen molar-refractivity contribution in [3.8, 4) is 0 Å². The summed E-state index contributed by atoms with van der Waals surface area (Å²) in [5.41, 5.74) is 3.53. The Balaban J connectivity index is 1.43. The number of β-amino-alcohol motifs (C(OH)–C–C–N with tert-alkyl or cyclic N) is 1. The monoisotopic (exact) mass is 492 g/mol. The van der Waals surface area contributed by atoms with E-state index < -0.39 is 22.5 Å². The number of fused-ring (bicyclic) bond motifs is 1. The largest absolute Gasteiger partial charge is 0.390 e. The van der Waals surface area contributed by atoms with E-state index in [0.29, 0.717) is 70.5 Å². The number of benzene rings is 1. The van der Waals surface area contributed by atoms with Crippen molar-refractivity contribution >= 4 is 39.7 Å². The molecule has 9 nitrogen and oxygen atoms in total. The van der Waals surface area contributed by atoms with Crippen molar-refractivity contribution in [2.24, 2.45) is 0 Å². The number of aromatic nitrogens is 1. The van der Waals surface area contributed by atoms with Gasteiger partial charge in [0.25, 0.3) is 11.8 Å². The fourth-order valence-corrected chi connectivity index (χ4v) is 5.62. The van der Waals surface area contributed by atoms with Crippen LogP contribution in [0.1, 0.15) is 32.9 Å². The molecule has 11 heteroatoms. The minimum Gasteiger partial charge on any atom is -0.390 e. The molecule has 2 aliphatic rings. The smallest absolute Gasteiger partial charge is 0.256 e. The first-order valence-corrected chi connectivity index (χ1v) is 12.9. The van der Waals surface area contributed by atoms with Gasteiger partial charge in [0, 0.05) is 48.8 Å². The molecule has 1 fully saturated rings. The summed E-state index contributed by atoms with van der Waals surface area (Å²) in [5.74, 6) is -0.565. The molecular weight excluding hydrogens is 463 g/mol. The van der Waals surface area contributed by atoms with E-state index in [1.807, 2.05) is 4.90 Å². The Morgan fingerprint density at radius 2 is 2.00 bits per heavy atom. The number of anilines is 1. The lowest BCUT2D eigenvalue weighted by Crippen LogP contribution is -2.45. The van der Waals surface area contributed by atoms with Crippen LogP contribution in [0.3, 0.4) is 0 Å². The molecule has 1 aromatic heterocycles. The molecule has 0 spiro atoms. The number of amides is 2. The first kappa shape index (κ1) is 24.4. The molecule has 1 saturated heterocycles. The fourth-order valence-electron chi connectivity index (χ4n) is 4.32. The lowest BCUT2D eigenvalue weighted by Gasteiger charge is -2.41. The number of carbonyl (C=O) groups is 2. The maximum Gasteiger partial charge on any atom is 0.256 e. The predicted molar refractivity (Wildman–Crippen MR) is 131 cm³/mol. The Hall–Kier alpha value is -2.70. The van der Waals surface area contributed by atoms with E-state index >= 15 is 0 Å². The average Bonchev–Trinajstić information content (AvgIpc) is 3.23. The zero-order valence-corrected chi connectivity index (χ0v) is 19.8. The molecule has 0 saturated carbocycles. The van der Waals surface area contributed by atoms with Crippen LogP contribution >= 0.6 is 10.6 Å². The zero-order valence-electron chi connectivity index (χ0n) is 19.0. The first-order chi connectivity index (χ1) is 16.0. The van der Waals surface area contributed by atoms with Gasteiger partial charge in [0.2, 0.25) is 0 Å². The SMILES string of the molecule is Cc1[nH]c(/C=C2\C(=O)Nc3ccc(F)cc32)c(C)c1C(=O)NCC(O)CN1CCS(O)(O)CC1. The molecule has 0 radical (unpaired) electrons. The lowest BCUT2D eigenvalue weighted by molar-refractivity contribution is -0.110. The molecule has 1 aromatic carbocycles. The summed E-state index contributed by atoms with van der Waals surface area (Å²) in [7, 11) is -2.50. The molecule has 2 amide bonds. The van der Waals surface area contributed by atoms with E-state index in [9.17, 15) is 28.2 Å². The first-order valence-electron chi connectivity index (χ1n) is 11.0. The fraction of sp³-hybridized carbons (Fsp3) is 0.391. The third kappa shape index (κ3) is 5.18. The van der Waals surface area contributed by atoms with E-state index in [1.54, 1.807) is 19.9 Å². The van der Waals surface area contributed by atoms with Crippen molar-refractivity contribution in [1.82, 2.24) is 15.2 Å². The van der Waals surface area contributed by atoms with Gasteiger partial charge in [-0.15, -0.1) is 0 Å². The van der Waals surface area contributed by atoms with Gasteiger partial charge in [-0.25, -0.2) is 4.39 Å². The molecule has 2 aliphatic heterocycles. The number of nitrogens with zero attached hydrogens (tertiary/aromatic N) is 1. The van der Waals surface area contributed by atoms with E-state index in [0.717, 1.165) is 0 Å². The van der Waals surface area contributed by atoms with Gasteiger partial charge in [-0.3, -0.25) is 23.6 Å². The standard InChI is InChI=1S/C23H29FN4O5S/c1-13-20(10-18-17-9-15(24)3-4-19(17)27-22(18)30)26-14(2)21(13)23(31)25-11-16(29)12-28-5-7-34(32,33)8-6-28/h3-4,9-10,16,26,29,32-33H,5-8,11-12H2,1-2H3,(H,25,31)(H,27,30)/b18-10-. The molecule has 4 rings (SSSR count). The molecule has 184 valence electrons. The molecule has 6 N–H and O–H groups in total. The topological polar surface area (TPSA) is 138 Å². The Morgan fingerprint density at radius 1 is 1.29 bits per heavy atom. The number of aliphatic hydroxyl groups is 1. The second-order valence-electron chi connectivity index (χ2n) is 8.74. The van der Waals surface area contributed by atoms with Crippen molar-refractivity contribution in [2.75, 3.05) is 43.0 Å². The number of aromatic amines is 1. The normalized spacial score (nSPS) is 20.6. The number of aliphatic hydroxyl groups excluding tert-OH is 1. The highest BCUT2D eigenvalue weighted by Gasteiger charge is 2.27. The summed E-state index contributed by atoms with van der Waals surface area (Å²) >= 11 is 0. The minimum absolute atomic E-state index is 0.0428. The van der Waals surface area contributed by atoms with Gasteiger partial charge >= 0.3 is 0 Å². The third-order valence-electron chi connectivity index (χ3n) is 6.19. The number of hydrogen-bond acceptors (Lipinski definition) is 6. The van der Waals surface area contributed by atoms with Gasteiger partial charge in [0.05, 0.1) is 28.7 Å². The number of rotatable bonds is 6. The number of aryl methyl sites for hydroxylation is 1.